The van der Waals surface area contributed by atoms with Crippen LogP contribution in [0.25, 0.3) is 0 Å². The summed E-state index contributed by atoms with van der Waals surface area (Å²) in [5.74, 6) is -0.585. The fraction of sp³-hybridized carbons (Fsp3) is 0.294. The number of rotatable bonds is 4. The van der Waals surface area contributed by atoms with Gasteiger partial charge in [0.15, 0.2) is 0 Å². The summed E-state index contributed by atoms with van der Waals surface area (Å²) < 4.78 is 0. The fourth-order valence-electron chi connectivity index (χ4n) is 1.89. The lowest BCUT2D eigenvalue weighted by Gasteiger charge is -2.22. The largest absolute Gasteiger partial charge is 0.339 e. The molecule has 0 unspecified atom stereocenters. The Hall–Kier alpha value is -2.47. The zero-order valence-electron chi connectivity index (χ0n) is 14.0. The molecule has 0 radical (unpaired) electrons. The van der Waals surface area contributed by atoms with E-state index in [1.54, 1.807) is 37.1 Å². The van der Waals surface area contributed by atoms with Gasteiger partial charge in [-0.05, 0) is 39.0 Å². The topological polar surface area (TPSA) is 75.2 Å². The average Bonchev–Trinajstić information content (AvgIpc) is 2.55. The SMILES string of the molecule is Cc1cnc(C(=O)Nc2cc(C(=O)N(C)C(C)C)ccc2Cl)cn1. The number of carbonyl (C=O) groups is 2. The van der Waals surface area contributed by atoms with Crippen LogP contribution < -0.4 is 5.32 Å². The molecule has 0 saturated heterocycles. The second-order valence-electron chi connectivity index (χ2n) is 5.70. The fourth-order valence-corrected chi connectivity index (χ4v) is 2.05. The van der Waals surface area contributed by atoms with Gasteiger partial charge in [-0.2, -0.15) is 0 Å². The van der Waals surface area contributed by atoms with Gasteiger partial charge in [-0.1, -0.05) is 11.6 Å². The van der Waals surface area contributed by atoms with E-state index in [0.29, 0.717) is 22.0 Å². The van der Waals surface area contributed by atoms with Crippen molar-refractivity contribution in [1.82, 2.24) is 14.9 Å². The van der Waals surface area contributed by atoms with E-state index in [4.69, 9.17) is 11.6 Å². The van der Waals surface area contributed by atoms with Gasteiger partial charge in [0.1, 0.15) is 5.69 Å². The first kappa shape index (κ1) is 17.9. The maximum absolute atomic E-state index is 12.4. The molecule has 0 bridgehead atoms. The molecule has 0 aliphatic heterocycles. The lowest BCUT2D eigenvalue weighted by atomic mass is 10.1. The first-order valence-electron chi connectivity index (χ1n) is 7.46. The molecular formula is C17H19ClN4O2. The molecule has 1 N–H and O–H groups in total. The first-order valence-corrected chi connectivity index (χ1v) is 7.84. The van der Waals surface area contributed by atoms with Crippen LogP contribution in [-0.4, -0.2) is 39.8 Å². The monoisotopic (exact) mass is 346 g/mol. The number of hydrogen-bond acceptors (Lipinski definition) is 4. The van der Waals surface area contributed by atoms with E-state index in [2.05, 4.69) is 15.3 Å². The summed E-state index contributed by atoms with van der Waals surface area (Å²) in [6.45, 7) is 5.63. The van der Waals surface area contributed by atoms with Crippen molar-refractivity contribution in [3.05, 3.63) is 52.6 Å². The van der Waals surface area contributed by atoms with Gasteiger partial charge in [-0.15, -0.1) is 0 Å². The highest BCUT2D eigenvalue weighted by atomic mass is 35.5. The molecule has 126 valence electrons. The molecule has 0 aliphatic rings. The number of aromatic nitrogens is 2. The Balaban J connectivity index is 2.24. The molecule has 2 rings (SSSR count). The number of benzene rings is 1. The molecule has 0 saturated carbocycles. The minimum Gasteiger partial charge on any atom is -0.339 e. The smallest absolute Gasteiger partial charge is 0.275 e. The van der Waals surface area contributed by atoms with E-state index in [1.165, 1.54) is 12.4 Å². The third-order valence-electron chi connectivity index (χ3n) is 3.57. The molecule has 6 nitrogen and oxygen atoms in total. The second kappa shape index (κ2) is 7.40. The Morgan fingerprint density at radius 1 is 1.21 bits per heavy atom. The van der Waals surface area contributed by atoms with Crippen LogP contribution in [0.3, 0.4) is 0 Å². The third-order valence-corrected chi connectivity index (χ3v) is 3.90. The minimum absolute atomic E-state index is 0.0639. The summed E-state index contributed by atoms with van der Waals surface area (Å²) in [6.07, 6.45) is 2.90. The van der Waals surface area contributed by atoms with Gasteiger partial charge in [0, 0.05) is 24.8 Å². The molecule has 2 aromatic rings. The highest BCUT2D eigenvalue weighted by Crippen LogP contribution is 2.24. The summed E-state index contributed by atoms with van der Waals surface area (Å²) in [5.41, 5.74) is 1.69. The van der Waals surface area contributed by atoms with Crippen LogP contribution in [-0.2, 0) is 0 Å². The summed E-state index contributed by atoms with van der Waals surface area (Å²) in [4.78, 5) is 34.3. The van der Waals surface area contributed by atoms with Crippen molar-refractivity contribution < 1.29 is 9.59 Å². The number of hydrogen-bond donors (Lipinski definition) is 1. The average molecular weight is 347 g/mol. The van der Waals surface area contributed by atoms with Crippen LogP contribution in [0.5, 0.6) is 0 Å². The Bertz CT molecular complexity index is 760. The molecule has 24 heavy (non-hydrogen) atoms. The van der Waals surface area contributed by atoms with E-state index in [1.807, 2.05) is 13.8 Å². The van der Waals surface area contributed by atoms with Gasteiger partial charge < -0.3 is 10.2 Å². The van der Waals surface area contributed by atoms with E-state index >= 15 is 0 Å². The number of amides is 2. The highest BCUT2D eigenvalue weighted by molar-refractivity contribution is 6.34. The van der Waals surface area contributed by atoms with E-state index in [-0.39, 0.29) is 17.6 Å². The van der Waals surface area contributed by atoms with Crippen LogP contribution in [0.1, 0.15) is 40.4 Å². The van der Waals surface area contributed by atoms with Crippen molar-refractivity contribution >= 4 is 29.1 Å². The first-order chi connectivity index (χ1) is 11.3. The normalized spacial score (nSPS) is 10.6. The Morgan fingerprint density at radius 2 is 1.92 bits per heavy atom. The zero-order valence-corrected chi connectivity index (χ0v) is 14.8. The summed E-state index contributed by atoms with van der Waals surface area (Å²) in [6, 6.07) is 4.84. The van der Waals surface area contributed by atoms with Gasteiger partial charge in [0.2, 0.25) is 0 Å². The molecule has 0 aliphatic carbocycles. The second-order valence-corrected chi connectivity index (χ2v) is 6.11. The number of anilines is 1. The Morgan fingerprint density at radius 3 is 2.50 bits per heavy atom. The van der Waals surface area contributed by atoms with Crippen LogP contribution in [0.4, 0.5) is 5.69 Å². The summed E-state index contributed by atoms with van der Waals surface area (Å²) in [5, 5.41) is 3.01. The third kappa shape index (κ3) is 4.08. The van der Waals surface area contributed by atoms with Crippen molar-refractivity contribution in [2.45, 2.75) is 26.8 Å². The van der Waals surface area contributed by atoms with Gasteiger partial charge in [0.05, 0.1) is 22.6 Å². The van der Waals surface area contributed by atoms with Crippen LogP contribution in [0.2, 0.25) is 5.02 Å². The molecule has 0 fully saturated rings. The lowest BCUT2D eigenvalue weighted by Crippen LogP contribution is -2.33. The van der Waals surface area contributed by atoms with Crippen LogP contribution in [0, 0.1) is 6.92 Å². The number of halogens is 1. The van der Waals surface area contributed by atoms with Gasteiger partial charge in [0.25, 0.3) is 11.8 Å². The van der Waals surface area contributed by atoms with E-state index in [9.17, 15) is 9.59 Å². The van der Waals surface area contributed by atoms with Crippen molar-refractivity contribution in [2.24, 2.45) is 0 Å². The highest BCUT2D eigenvalue weighted by Gasteiger charge is 2.17. The van der Waals surface area contributed by atoms with Crippen molar-refractivity contribution in [2.75, 3.05) is 12.4 Å². The quantitative estimate of drug-likeness (QED) is 0.922. The number of nitrogens with one attached hydrogen (secondary N) is 1. The van der Waals surface area contributed by atoms with E-state index in [0.717, 1.165) is 0 Å². The van der Waals surface area contributed by atoms with E-state index < -0.39 is 5.91 Å². The predicted molar refractivity (Wildman–Crippen MR) is 93.4 cm³/mol. The Labute approximate surface area is 145 Å². The molecule has 1 heterocycles. The molecule has 1 aromatic heterocycles. The molecule has 2 amide bonds. The molecule has 1 aromatic carbocycles. The maximum atomic E-state index is 12.4. The number of nitrogens with zero attached hydrogens (tertiary/aromatic N) is 3. The predicted octanol–water partition coefficient (Wildman–Crippen LogP) is 3.17. The maximum Gasteiger partial charge on any atom is 0.275 e. The molecule has 7 heteroatoms. The molecular weight excluding hydrogens is 328 g/mol. The standard InChI is InChI=1S/C17H19ClN4O2/c1-10(2)22(4)17(24)12-5-6-13(18)14(7-12)21-16(23)15-9-19-11(3)8-20-15/h5-10H,1-4H3,(H,21,23). The lowest BCUT2D eigenvalue weighted by molar-refractivity contribution is 0.0754. The number of carbonyl (C=O) groups excluding carboxylic acids is 2. The zero-order chi connectivity index (χ0) is 17.9. The van der Waals surface area contributed by atoms with Crippen molar-refractivity contribution in [3.8, 4) is 0 Å². The minimum atomic E-state index is -0.439. The van der Waals surface area contributed by atoms with Crippen molar-refractivity contribution in [1.29, 1.82) is 0 Å². The van der Waals surface area contributed by atoms with Gasteiger partial charge in [-0.25, -0.2) is 4.98 Å². The number of aryl methyl sites for hydroxylation is 1. The van der Waals surface area contributed by atoms with Crippen molar-refractivity contribution in [3.63, 3.8) is 0 Å². The Kier molecular flexibility index (Phi) is 5.51. The molecule has 0 spiro atoms. The van der Waals surface area contributed by atoms with Gasteiger partial charge >= 0.3 is 0 Å². The summed E-state index contributed by atoms with van der Waals surface area (Å²) >= 11 is 6.12. The molecule has 0 atom stereocenters. The van der Waals surface area contributed by atoms with Crippen LogP contribution in [0.15, 0.2) is 30.6 Å². The van der Waals surface area contributed by atoms with Gasteiger partial charge in [-0.3, -0.25) is 14.6 Å². The van der Waals surface area contributed by atoms with Crippen LogP contribution >= 0.6 is 11.6 Å². The summed E-state index contributed by atoms with van der Waals surface area (Å²) in [7, 11) is 1.72.